The lowest BCUT2D eigenvalue weighted by molar-refractivity contribution is -0.139. The van der Waals surface area contributed by atoms with Crippen molar-refractivity contribution in [3.05, 3.63) is 38.5 Å². The van der Waals surface area contributed by atoms with Crippen LogP contribution in [-0.2, 0) is 9.53 Å². The first-order valence-corrected chi connectivity index (χ1v) is 4.51. The highest BCUT2D eigenvalue weighted by Gasteiger charge is 2.00. The average molecular weight is 198 g/mol. The van der Waals surface area contributed by atoms with E-state index in [9.17, 15) is 4.79 Å². The fourth-order valence-electron chi connectivity index (χ4n) is 0.432. The van der Waals surface area contributed by atoms with Crippen LogP contribution in [0.3, 0.4) is 0 Å². The summed E-state index contributed by atoms with van der Waals surface area (Å²) < 4.78 is 4.81. The summed E-state index contributed by atoms with van der Waals surface area (Å²) in [6.07, 6.45) is 1.97. The Morgan fingerprint density at radius 2 is 1.64 bits per heavy atom. The molecule has 0 saturated heterocycles. The molecule has 0 spiro atoms. The van der Waals surface area contributed by atoms with Gasteiger partial charge in [-0.3, -0.25) is 0 Å². The van der Waals surface area contributed by atoms with Crippen LogP contribution in [0.15, 0.2) is 38.5 Å². The summed E-state index contributed by atoms with van der Waals surface area (Å²) in [4.78, 5) is 10.7. The van der Waals surface area contributed by atoms with Gasteiger partial charge in [-0.15, -0.1) is 26.3 Å². The molecule has 0 fully saturated rings. The predicted molar refractivity (Wildman–Crippen MR) is 63.2 cm³/mol. The molecule has 0 saturated carbocycles. The van der Waals surface area contributed by atoms with E-state index in [4.69, 9.17) is 4.74 Å². The second-order valence-corrected chi connectivity index (χ2v) is 2.27. The highest BCUT2D eigenvalue weighted by atomic mass is 16.5. The number of esters is 1. The van der Waals surface area contributed by atoms with Crippen LogP contribution >= 0.6 is 0 Å². The van der Waals surface area contributed by atoms with Crippen molar-refractivity contribution in [1.82, 2.24) is 0 Å². The van der Waals surface area contributed by atoms with Crippen LogP contribution in [0.4, 0.5) is 0 Å². The van der Waals surface area contributed by atoms with Crippen molar-refractivity contribution in [2.75, 3.05) is 6.61 Å². The molecule has 0 radical (unpaired) electrons. The van der Waals surface area contributed by atoms with Crippen molar-refractivity contribution < 1.29 is 9.53 Å². The van der Waals surface area contributed by atoms with Crippen molar-refractivity contribution in [2.24, 2.45) is 0 Å². The number of carbonyl (C=O) groups is 1. The fourth-order valence-corrected chi connectivity index (χ4v) is 0.432. The highest BCUT2D eigenvalue weighted by molar-refractivity contribution is 5.86. The number of unbranched alkanes of at least 4 members (excludes halogenated alkanes) is 1. The maximum absolute atomic E-state index is 10.7. The van der Waals surface area contributed by atoms with Gasteiger partial charge < -0.3 is 4.74 Å². The standard InChI is InChI=1S/C8H14O2.2C2H4/c1-4-5-6-10-8(9)7(2)3;2*1-2/h2,4-6H2,1,3H3;2*1-2H2. The molecule has 0 heterocycles. The lowest BCUT2D eigenvalue weighted by Crippen LogP contribution is -2.05. The highest BCUT2D eigenvalue weighted by Crippen LogP contribution is 1.94. The van der Waals surface area contributed by atoms with Gasteiger partial charge in [0.05, 0.1) is 6.61 Å². The average Bonchev–Trinajstić information content (AvgIpc) is 2.24. The third-order valence-corrected chi connectivity index (χ3v) is 1.08. The van der Waals surface area contributed by atoms with Gasteiger partial charge in [-0.05, 0) is 13.3 Å². The monoisotopic (exact) mass is 198 g/mol. The van der Waals surface area contributed by atoms with Gasteiger partial charge in [0, 0.05) is 5.57 Å². The van der Waals surface area contributed by atoms with Crippen molar-refractivity contribution >= 4 is 5.97 Å². The second kappa shape index (κ2) is 17.7. The van der Waals surface area contributed by atoms with E-state index in [1.165, 1.54) is 0 Å². The summed E-state index contributed by atoms with van der Waals surface area (Å²) in [7, 11) is 0. The molecule has 0 aliphatic rings. The smallest absolute Gasteiger partial charge is 0.333 e. The normalized spacial score (nSPS) is 7.00. The van der Waals surface area contributed by atoms with Gasteiger partial charge in [0.1, 0.15) is 0 Å². The van der Waals surface area contributed by atoms with Gasteiger partial charge in [-0.25, -0.2) is 4.79 Å². The van der Waals surface area contributed by atoms with Gasteiger partial charge in [0.2, 0.25) is 0 Å². The zero-order valence-electron chi connectivity index (χ0n) is 9.47. The van der Waals surface area contributed by atoms with E-state index in [1.807, 2.05) is 0 Å². The van der Waals surface area contributed by atoms with E-state index in [0.29, 0.717) is 12.2 Å². The van der Waals surface area contributed by atoms with E-state index in [1.54, 1.807) is 6.92 Å². The van der Waals surface area contributed by atoms with Crippen LogP contribution in [-0.4, -0.2) is 12.6 Å². The van der Waals surface area contributed by atoms with E-state index >= 15 is 0 Å². The van der Waals surface area contributed by atoms with Gasteiger partial charge in [0.25, 0.3) is 0 Å². The zero-order valence-corrected chi connectivity index (χ0v) is 9.47. The Kier molecular flexibility index (Phi) is 23.3. The van der Waals surface area contributed by atoms with Gasteiger partial charge in [-0.2, -0.15) is 0 Å². The quantitative estimate of drug-likeness (QED) is 0.299. The lowest BCUT2D eigenvalue weighted by atomic mass is 10.3. The van der Waals surface area contributed by atoms with E-state index < -0.39 is 0 Å². The molecule has 14 heavy (non-hydrogen) atoms. The van der Waals surface area contributed by atoms with E-state index in [2.05, 4.69) is 39.8 Å². The molecule has 0 aromatic carbocycles. The lowest BCUT2D eigenvalue weighted by Gasteiger charge is -2.01. The topological polar surface area (TPSA) is 26.3 Å². The first-order valence-electron chi connectivity index (χ1n) is 4.51. The van der Waals surface area contributed by atoms with Crippen LogP contribution in [0.2, 0.25) is 0 Å². The Morgan fingerprint density at radius 1 is 1.21 bits per heavy atom. The minimum Gasteiger partial charge on any atom is -0.462 e. The predicted octanol–water partition coefficient (Wildman–Crippen LogP) is 3.51. The maximum atomic E-state index is 10.7. The van der Waals surface area contributed by atoms with Crippen LogP contribution in [0.5, 0.6) is 0 Å². The van der Waals surface area contributed by atoms with Crippen molar-refractivity contribution in [3.8, 4) is 0 Å². The summed E-state index contributed by atoms with van der Waals surface area (Å²) >= 11 is 0. The largest absolute Gasteiger partial charge is 0.462 e. The first kappa shape index (κ1) is 18.5. The second-order valence-electron chi connectivity index (χ2n) is 2.27. The Morgan fingerprint density at radius 3 is 1.93 bits per heavy atom. The van der Waals surface area contributed by atoms with Gasteiger partial charge in [0.15, 0.2) is 0 Å². The molecule has 2 heteroatoms. The molecular weight excluding hydrogens is 176 g/mol. The van der Waals surface area contributed by atoms with Crippen LogP contribution in [0, 0.1) is 0 Å². The molecule has 0 aliphatic heterocycles. The van der Waals surface area contributed by atoms with E-state index in [-0.39, 0.29) is 5.97 Å². The Balaban J connectivity index is -0.000000266. The summed E-state index contributed by atoms with van der Waals surface area (Å²) in [5.41, 5.74) is 0.469. The Hall–Kier alpha value is -1.31. The minimum atomic E-state index is -0.284. The molecule has 0 aliphatic carbocycles. The third-order valence-electron chi connectivity index (χ3n) is 1.08. The van der Waals surface area contributed by atoms with Crippen molar-refractivity contribution in [2.45, 2.75) is 26.7 Å². The molecule has 0 atom stereocenters. The first-order chi connectivity index (χ1) is 6.68. The number of ether oxygens (including phenoxy) is 1. The number of rotatable bonds is 4. The van der Waals surface area contributed by atoms with Crippen LogP contribution in [0.1, 0.15) is 26.7 Å². The SMILES string of the molecule is C=C.C=C.C=C(C)C(=O)OCCCC. The molecule has 82 valence electrons. The Bertz CT molecular complexity index is 148. The maximum Gasteiger partial charge on any atom is 0.333 e. The Labute approximate surface area is 88.0 Å². The minimum absolute atomic E-state index is 0.284. The third kappa shape index (κ3) is 17.0. The number of hydrogen-bond donors (Lipinski definition) is 0. The van der Waals surface area contributed by atoms with E-state index in [0.717, 1.165) is 12.8 Å². The molecule has 0 aromatic rings. The molecule has 0 rings (SSSR count). The van der Waals surface area contributed by atoms with Gasteiger partial charge in [-0.1, -0.05) is 19.9 Å². The molecule has 0 N–H and O–H groups in total. The summed E-state index contributed by atoms with van der Waals surface area (Å²) in [5, 5.41) is 0. The number of carbonyl (C=O) groups excluding carboxylic acids is 1. The molecular formula is C12H22O2. The fraction of sp³-hybridized carbons (Fsp3) is 0.417. The van der Waals surface area contributed by atoms with Crippen molar-refractivity contribution in [1.29, 1.82) is 0 Å². The molecule has 0 aromatic heterocycles. The molecule has 0 unspecified atom stereocenters. The zero-order chi connectivity index (χ0) is 12.0. The summed E-state index contributed by atoms with van der Waals surface area (Å²) in [6, 6.07) is 0. The summed E-state index contributed by atoms with van der Waals surface area (Å²) in [6.45, 7) is 19.7. The summed E-state index contributed by atoms with van der Waals surface area (Å²) in [5.74, 6) is -0.284. The molecule has 0 amide bonds. The van der Waals surface area contributed by atoms with Crippen molar-refractivity contribution in [3.63, 3.8) is 0 Å². The van der Waals surface area contributed by atoms with Crippen LogP contribution < -0.4 is 0 Å². The molecule has 0 bridgehead atoms. The van der Waals surface area contributed by atoms with Gasteiger partial charge >= 0.3 is 5.97 Å². The van der Waals surface area contributed by atoms with Crippen LogP contribution in [0.25, 0.3) is 0 Å². The number of hydrogen-bond acceptors (Lipinski definition) is 2. The molecule has 2 nitrogen and oxygen atoms in total.